The molecule has 4 N–H and O–H groups in total. The van der Waals surface area contributed by atoms with Crippen molar-refractivity contribution in [2.75, 3.05) is 11.3 Å². The van der Waals surface area contributed by atoms with Gasteiger partial charge in [-0.1, -0.05) is 29.3 Å². The fourth-order valence-electron chi connectivity index (χ4n) is 1.27. The number of hydrogen-bond acceptors (Lipinski definition) is 4. The molecular weight excluding hydrogens is 275 g/mol. The first-order valence-corrected chi connectivity index (χ1v) is 5.80. The van der Waals surface area contributed by atoms with Crippen molar-refractivity contribution >= 4 is 35.4 Å². The van der Waals surface area contributed by atoms with Crippen LogP contribution in [0.5, 0.6) is 0 Å². The number of nitrogens with zero attached hydrogens (tertiary/aromatic N) is 3. The zero-order chi connectivity index (χ0) is 13.1. The molecule has 0 unspecified atom stereocenters. The van der Waals surface area contributed by atoms with E-state index in [1.807, 2.05) is 0 Å². The van der Waals surface area contributed by atoms with E-state index in [-0.39, 0.29) is 0 Å². The lowest BCUT2D eigenvalue weighted by atomic mass is 10.2. The van der Waals surface area contributed by atoms with E-state index in [2.05, 4.69) is 20.7 Å². The molecule has 0 amide bonds. The summed E-state index contributed by atoms with van der Waals surface area (Å²) in [7, 11) is 0. The molecule has 2 aromatic rings. The Bertz CT molecular complexity index is 572. The molecule has 0 bridgehead atoms. The minimum absolute atomic E-state index is 0.381. The molecule has 0 saturated heterocycles. The lowest BCUT2D eigenvalue weighted by Crippen LogP contribution is -2.47. The summed E-state index contributed by atoms with van der Waals surface area (Å²) in [6, 6.07) is 5.23. The first-order chi connectivity index (χ1) is 8.59. The van der Waals surface area contributed by atoms with Gasteiger partial charge < -0.3 is 0 Å². The van der Waals surface area contributed by atoms with Gasteiger partial charge in [0.2, 0.25) is 5.82 Å². The second-order valence-corrected chi connectivity index (χ2v) is 4.32. The Hall–Kier alpha value is -1.79. The maximum atomic E-state index is 5.99. The number of benzene rings is 1. The molecule has 0 aliphatic carbocycles. The summed E-state index contributed by atoms with van der Waals surface area (Å²) in [5.74, 6) is 6.76. The van der Waals surface area contributed by atoms with Gasteiger partial charge >= 0.3 is 5.95 Å². The number of H-pyrrole nitrogens is 1. The van der Waals surface area contributed by atoms with Crippen molar-refractivity contribution in [3.63, 3.8) is 0 Å². The second-order valence-electron chi connectivity index (χ2n) is 3.51. The predicted octanol–water partition coefficient (Wildman–Crippen LogP) is 1.47. The van der Waals surface area contributed by atoms with Gasteiger partial charge in [0.15, 0.2) is 0 Å². The highest BCUT2D eigenvalue weighted by Crippen LogP contribution is 2.22. The molecule has 1 heterocycles. The summed E-state index contributed by atoms with van der Waals surface area (Å²) in [5.41, 5.74) is 3.31. The molecule has 1 aromatic heterocycles. The van der Waals surface area contributed by atoms with Crippen LogP contribution in [-0.2, 0) is 0 Å². The number of hydrazone groups is 1. The van der Waals surface area contributed by atoms with Gasteiger partial charge in [-0.15, -0.1) is 9.78 Å². The third kappa shape index (κ3) is 2.55. The quantitative estimate of drug-likeness (QED) is 0.346. The monoisotopic (exact) mass is 285 g/mol. The number of nitrogens with one attached hydrogen (secondary N) is 2. The van der Waals surface area contributed by atoms with Gasteiger partial charge in [-0.3, -0.25) is 5.84 Å². The van der Waals surface area contributed by atoms with Crippen LogP contribution in [0.4, 0.5) is 5.95 Å². The van der Waals surface area contributed by atoms with Crippen LogP contribution < -0.4 is 15.9 Å². The smallest absolute Gasteiger partial charge is 0.298 e. The van der Waals surface area contributed by atoms with Gasteiger partial charge in [0.25, 0.3) is 0 Å². The van der Waals surface area contributed by atoms with Crippen molar-refractivity contribution < 1.29 is 4.68 Å². The van der Waals surface area contributed by atoms with Crippen molar-refractivity contribution in [1.29, 1.82) is 0 Å². The van der Waals surface area contributed by atoms with Crippen LogP contribution in [0.2, 0.25) is 10.0 Å². The van der Waals surface area contributed by atoms with E-state index >= 15 is 0 Å². The summed E-state index contributed by atoms with van der Waals surface area (Å²) < 4.78 is 1.34. The van der Waals surface area contributed by atoms with Crippen LogP contribution in [-0.4, -0.2) is 16.4 Å². The molecule has 0 atom stereocenters. The van der Waals surface area contributed by atoms with Crippen LogP contribution in [0.1, 0.15) is 11.4 Å². The number of hydrogen-bond donors (Lipinski definition) is 3. The van der Waals surface area contributed by atoms with Crippen molar-refractivity contribution in [1.82, 2.24) is 10.2 Å². The maximum Gasteiger partial charge on any atom is 0.421 e. The fraction of sp³-hybridized carbons (Fsp3) is 0.100. The molecule has 2 rings (SSSR count). The summed E-state index contributed by atoms with van der Waals surface area (Å²) >= 11 is 12.0. The number of aryl methyl sites for hydroxylation is 1. The molecule has 18 heavy (non-hydrogen) atoms. The van der Waals surface area contributed by atoms with E-state index in [1.165, 1.54) is 10.9 Å². The Labute approximate surface area is 113 Å². The first kappa shape index (κ1) is 12.7. The molecule has 0 spiro atoms. The number of rotatable bonds is 3. The fourth-order valence-corrected chi connectivity index (χ4v) is 1.76. The van der Waals surface area contributed by atoms with Gasteiger partial charge in [0.1, 0.15) is 0 Å². The van der Waals surface area contributed by atoms with Gasteiger partial charge in [-0.2, -0.15) is 10.5 Å². The predicted molar refractivity (Wildman–Crippen MR) is 71.3 cm³/mol. The van der Waals surface area contributed by atoms with Crippen LogP contribution in [0.25, 0.3) is 0 Å². The molecular formula is C10H11Cl2N6+. The maximum absolute atomic E-state index is 5.99. The Balaban J connectivity index is 2.15. The number of halogens is 2. The first-order valence-electron chi connectivity index (χ1n) is 5.05. The van der Waals surface area contributed by atoms with Crippen LogP contribution in [0, 0.1) is 6.92 Å². The normalized spacial score (nSPS) is 11.1. The average Bonchev–Trinajstić information content (AvgIpc) is 2.65. The topological polar surface area (TPSA) is 83.0 Å². The van der Waals surface area contributed by atoms with Gasteiger partial charge in [-0.25, -0.2) is 0 Å². The van der Waals surface area contributed by atoms with Crippen LogP contribution in [0.15, 0.2) is 23.3 Å². The lowest BCUT2D eigenvalue weighted by molar-refractivity contribution is -0.631. The van der Waals surface area contributed by atoms with E-state index in [9.17, 15) is 0 Å². The molecule has 0 radical (unpaired) electrons. The van der Waals surface area contributed by atoms with E-state index < -0.39 is 0 Å². The number of aromatic amines is 1. The van der Waals surface area contributed by atoms with E-state index in [1.54, 1.807) is 25.1 Å². The highest BCUT2D eigenvalue weighted by molar-refractivity contribution is 6.38. The summed E-state index contributed by atoms with van der Waals surface area (Å²) in [6.45, 7) is 1.78. The summed E-state index contributed by atoms with van der Waals surface area (Å²) in [5, 5.41) is 11.6. The SMILES string of the molecule is Cc1[nH]nc(NN=Cc2c(Cl)cccc2Cl)[n+]1N. The molecule has 0 saturated carbocycles. The molecule has 0 aliphatic rings. The lowest BCUT2D eigenvalue weighted by Gasteiger charge is -1.99. The van der Waals surface area contributed by atoms with Crippen molar-refractivity contribution in [3.8, 4) is 0 Å². The standard InChI is InChI=1S/C10H10Cl2N6/c1-6-15-17-10(18(6)13)16-14-5-7-8(11)3-2-4-9(7)12/h2-5H,13H2,1H3,(H,16,17)/p+1. The molecule has 0 fully saturated rings. The van der Waals surface area contributed by atoms with Crippen molar-refractivity contribution in [2.45, 2.75) is 6.92 Å². The van der Waals surface area contributed by atoms with Crippen LogP contribution >= 0.6 is 23.2 Å². The molecule has 6 nitrogen and oxygen atoms in total. The van der Waals surface area contributed by atoms with E-state index in [4.69, 9.17) is 29.0 Å². The zero-order valence-electron chi connectivity index (χ0n) is 9.48. The van der Waals surface area contributed by atoms with E-state index in [0.29, 0.717) is 27.4 Å². The second kappa shape index (κ2) is 5.24. The number of anilines is 1. The Morgan fingerprint density at radius 1 is 1.44 bits per heavy atom. The molecule has 94 valence electrons. The summed E-state index contributed by atoms with van der Waals surface area (Å²) in [6.07, 6.45) is 1.51. The minimum Gasteiger partial charge on any atom is -0.298 e. The van der Waals surface area contributed by atoms with Gasteiger partial charge in [-0.05, 0) is 12.1 Å². The number of nitrogens with two attached hydrogens (primary N) is 1. The third-order valence-corrected chi connectivity index (χ3v) is 2.93. The van der Waals surface area contributed by atoms with Crippen LogP contribution in [0.3, 0.4) is 0 Å². The summed E-state index contributed by atoms with van der Waals surface area (Å²) in [4.78, 5) is 0. The van der Waals surface area contributed by atoms with E-state index in [0.717, 1.165) is 0 Å². The highest BCUT2D eigenvalue weighted by atomic mass is 35.5. The third-order valence-electron chi connectivity index (χ3n) is 2.27. The van der Waals surface area contributed by atoms with Crippen molar-refractivity contribution in [3.05, 3.63) is 39.6 Å². The minimum atomic E-state index is 0.381. The molecule has 1 aromatic carbocycles. The molecule has 8 heteroatoms. The Kier molecular flexibility index (Phi) is 3.69. The highest BCUT2D eigenvalue weighted by Gasteiger charge is 2.12. The molecule has 0 aliphatic heterocycles. The average molecular weight is 286 g/mol. The van der Waals surface area contributed by atoms with Gasteiger partial charge in [0.05, 0.1) is 16.3 Å². The van der Waals surface area contributed by atoms with Gasteiger partial charge in [0, 0.05) is 17.6 Å². The number of aromatic nitrogens is 3. The number of nitrogen functional groups attached to an aromatic ring is 1. The Morgan fingerprint density at radius 3 is 2.67 bits per heavy atom. The largest absolute Gasteiger partial charge is 0.421 e. The van der Waals surface area contributed by atoms with Crippen molar-refractivity contribution in [2.24, 2.45) is 5.10 Å². The Morgan fingerprint density at radius 2 is 2.11 bits per heavy atom. The zero-order valence-corrected chi connectivity index (χ0v) is 11.0.